The van der Waals surface area contributed by atoms with Crippen molar-refractivity contribution in [1.29, 1.82) is 0 Å². The summed E-state index contributed by atoms with van der Waals surface area (Å²) in [6, 6.07) is 3.49. The average Bonchev–Trinajstić information content (AvgIpc) is 3.28. The number of piperidine rings is 1. The molecule has 3 aliphatic rings. The molecule has 0 atom stereocenters. The standard InChI is InChI=1S/C19H23N5/c1-2-4-16(3-1)23-7-5-17(6-8-23)24-13-15(11-22-24)14-9-18-19(12-21-18)20-10-14/h9-13,16-17H,1-8H2. The van der Waals surface area contributed by atoms with Crippen molar-refractivity contribution in [2.45, 2.75) is 50.6 Å². The number of fused-ring (bicyclic) bond motifs is 1. The number of likely N-dealkylation sites (tertiary alicyclic amines) is 1. The van der Waals surface area contributed by atoms with Gasteiger partial charge in [0.05, 0.1) is 23.8 Å². The van der Waals surface area contributed by atoms with Gasteiger partial charge in [0.2, 0.25) is 0 Å². The van der Waals surface area contributed by atoms with E-state index in [2.05, 4.69) is 36.9 Å². The molecule has 0 amide bonds. The van der Waals surface area contributed by atoms with Crippen LogP contribution in [0.3, 0.4) is 0 Å². The second-order valence-corrected chi connectivity index (χ2v) is 7.30. The maximum absolute atomic E-state index is 4.64. The van der Waals surface area contributed by atoms with E-state index in [-0.39, 0.29) is 0 Å². The zero-order valence-corrected chi connectivity index (χ0v) is 13.9. The van der Waals surface area contributed by atoms with Crippen LogP contribution < -0.4 is 10.7 Å². The van der Waals surface area contributed by atoms with E-state index in [1.807, 2.05) is 12.4 Å². The van der Waals surface area contributed by atoms with Gasteiger partial charge in [-0.2, -0.15) is 5.10 Å². The summed E-state index contributed by atoms with van der Waals surface area (Å²) in [6.07, 6.45) is 16.0. The molecular formula is C19H23N5. The highest BCUT2D eigenvalue weighted by Gasteiger charge is 2.28. The van der Waals surface area contributed by atoms with E-state index in [0.717, 1.165) is 27.9 Å². The summed E-state index contributed by atoms with van der Waals surface area (Å²) in [6.45, 7) is 2.44. The molecule has 4 heterocycles. The molecule has 0 N–H and O–H groups in total. The van der Waals surface area contributed by atoms with Crippen molar-refractivity contribution < 1.29 is 0 Å². The molecular weight excluding hydrogens is 298 g/mol. The highest BCUT2D eigenvalue weighted by molar-refractivity contribution is 5.60. The molecule has 24 heavy (non-hydrogen) atoms. The van der Waals surface area contributed by atoms with Gasteiger partial charge in [-0.05, 0) is 31.7 Å². The maximum atomic E-state index is 4.64. The molecule has 0 aromatic carbocycles. The van der Waals surface area contributed by atoms with Crippen molar-refractivity contribution in [2.75, 3.05) is 13.1 Å². The number of aromatic nitrogens is 3. The molecule has 5 nitrogen and oxygen atoms in total. The summed E-state index contributed by atoms with van der Waals surface area (Å²) in [5.74, 6) is 0. The molecule has 2 aliphatic heterocycles. The molecule has 0 unspecified atom stereocenters. The minimum absolute atomic E-state index is 0.536. The third kappa shape index (κ3) is 2.47. The van der Waals surface area contributed by atoms with Crippen molar-refractivity contribution >= 4 is 6.20 Å². The zero-order valence-electron chi connectivity index (χ0n) is 13.9. The fraction of sp³-hybridized carbons (Fsp3) is 0.526. The smallest absolute Gasteiger partial charge is 0.107 e. The first-order chi connectivity index (χ1) is 11.9. The summed E-state index contributed by atoms with van der Waals surface area (Å²) < 4.78 is 2.17. The third-order valence-electron chi connectivity index (χ3n) is 5.87. The fourth-order valence-corrected chi connectivity index (χ4v) is 4.36. The second kappa shape index (κ2) is 5.81. The van der Waals surface area contributed by atoms with Gasteiger partial charge in [-0.1, -0.05) is 12.8 Å². The van der Waals surface area contributed by atoms with Gasteiger partial charge >= 0.3 is 0 Å². The van der Waals surface area contributed by atoms with Crippen molar-refractivity contribution in [2.24, 2.45) is 4.99 Å². The van der Waals surface area contributed by atoms with Gasteiger partial charge in [-0.15, -0.1) is 0 Å². The summed E-state index contributed by atoms with van der Waals surface area (Å²) in [7, 11) is 0. The van der Waals surface area contributed by atoms with Crippen molar-refractivity contribution in [3.05, 3.63) is 35.4 Å². The van der Waals surface area contributed by atoms with E-state index in [4.69, 9.17) is 0 Å². The van der Waals surface area contributed by atoms with E-state index < -0.39 is 0 Å². The van der Waals surface area contributed by atoms with Crippen LogP contribution in [0.4, 0.5) is 0 Å². The van der Waals surface area contributed by atoms with E-state index >= 15 is 0 Å². The molecule has 2 aromatic heterocycles. The quantitative estimate of drug-likeness (QED) is 0.867. The Hall–Kier alpha value is -2.01. The van der Waals surface area contributed by atoms with Gasteiger partial charge in [0, 0.05) is 42.7 Å². The Labute approximate surface area is 141 Å². The fourth-order valence-electron chi connectivity index (χ4n) is 4.36. The Balaban J connectivity index is 1.28. The average molecular weight is 321 g/mol. The lowest BCUT2D eigenvalue weighted by Crippen LogP contribution is -2.40. The minimum Gasteiger partial charge on any atom is -0.300 e. The topological polar surface area (TPSA) is 46.3 Å². The lowest BCUT2D eigenvalue weighted by molar-refractivity contribution is 0.132. The Morgan fingerprint density at radius 1 is 0.917 bits per heavy atom. The first kappa shape index (κ1) is 14.3. The van der Waals surface area contributed by atoms with E-state index in [9.17, 15) is 0 Å². The van der Waals surface area contributed by atoms with Crippen LogP contribution in [0.5, 0.6) is 0 Å². The first-order valence-corrected chi connectivity index (χ1v) is 9.19. The third-order valence-corrected chi connectivity index (χ3v) is 5.87. The number of hydrogen-bond acceptors (Lipinski definition) is 4. The van der Waals surface area contributed by atoms with E-state index in [1.165, 1.54) is 51.6 Å². The van der Waals surface area contributed by atoms with Crippen molar-refractivity contribution in [3.63, 3.8) is 0 Å². The lowest BCUT2D eigenvalue weighted by atomic mass is 10.0. The van der Waals surface area contributed by atoms with Gasteiger partial charge in [0.25, 0.3) is 0 Å². The predicted molar refractivity (Wildman–Crippen MR) is 92.8 cm³/mol. The predicted octanol–water partition coefficient (Wildman–Crippen LogP) is 1.90. The minimum atomic E-state index is 0.536. The summed E-state index contributed by atoms with van der Waals surface area (Å²) in [5, 5.41) is 6.62. The lowest BCUT2D eigenvalue weighted by Gasteiger charge is -2.36. The molecule has 5 rings (SSSR count). The Morgan fingerprint density at radius 3 is 2.46 bits per heavy atom. The molecule has 2 aromatic rings. The van der Waals surface area contributed by atoms with Crippen LogP contribution in [0.25, 0.3) is 17.3 Å². The molecule has 1 aliphatic carbocycles. The number of rotatable bonds is 3. The van der Waals surface area contributed by atoms with Crippen LogP contribution in [0.15, 0.2) is 29.6 Å². The molecule has 5 heteroatoms. The summed E-state index contributed by atoms with van der Waals surface area (Å²) >= 11 is 0. The van der Waals surface area contributed by atoms with Gasteiger partial charge in [-0.25, -0.2) is 0 Å². The van der Waals surface area contributed by atoms with Gasteiger partial charge in [0.1, 0.15) is 5.35 Å². The van der Waals surface area contributed by atoms with Crippen LogP contribution in [0.2, 0.25) is 0 Å². The monoisotopic (exact) mass is 321 g/mol. The van der Waals surface area contributed by atoms with Crippen LogP contribution in [0, 0.1) is 0 Å². The van der Waals surface area contributed by atoms with Crippen molar-refractivity contribution in [1.82, 2.24) is 19.7 Å². The molecule has 2 fully saturated rings. The molecule has 1 saturated carbocycles. The number of nitrogens with zero attached hydrogens (tertiary/aromatic N) is 5. The van der Waals surface area contributed by atoms with Crippen LogP contribution in [0.1, 0.15) is 44.6 Å². The molecule has 0 spiro atoms. The number of hydrogen-bond donors (Lipinski definition) is 0. The molecule has 0 radical (unpaired) electrons. The van der Waals surface area contributed by atoms with Gasteiger partial charge in [-0.3, -0.25) is 14.7 Å². The van der Waals surface area contributed by atoms with Crippen LogP contribution in [-0.4, -0.2) is 38.8 Å². The van der Waals surface area contributed by atoms with Crippen LogP contribution >= 0.6 is 0 Å². The van der Waals surface area contributed by atoms with Gasteiger partial charge < -0.3 is 4.90 Å². The summed E-state index contributed by atoms with van der Waals surface area (Å²) in [5.41, 5.74) is 2.26. The highest BCUT2D eigenvalue weighted by atomic mass is 15.3. The molecule has 1 saturated heterocycles. The normalized spacial score (nSPS) is 21.8. The zero-order chi connectivity index (χ0) is 15.9. The Bertz CT molecular complexity index is 854. The van der Waals surface area contributed by atoms with E-state index in [0.29, 0.717) is 6.04 Å². The van der Waals surface area contributed by atoms with Crippen LogP contribution in [-0.2, 0) is 0 Å². The largest absolute Gasteiger partial charge is 0.300 e. The Morgan fingerprint density at radius 2 is 1.75 bits per heavy atom. The SMILES string of the molecule is C1=c2ncc(-c3cnn(C4CCN(C5CCCC5)CC4)c3)cc2=N1. The first-order valence-electron chi connectivity index (χ1n) is 9.19. The molecule has 0 bridgehead atoms. The van der Waals surface area contributed by atoms with Gasteiger partial charge in [0.15, 0.2) is 0 Å². The molecule has 124 valence electrons. The second-order valence-electron chi connectivity index (χ2n) is 7.30. The Kier molecular flexibility index (Phi) is 3.47. The van der Waals surface area contributed by atoms with E-state index in [1.54, 1.807) is 6.20 Å². The number of pyridine rings is 1. The maximum Gasteiger partial charge on any atom is 0.107 e. The summed E-state index contributed by atoms with van der Waals surface area (Å²) in [4.78, 5) is 11.4. The highest BCUT2D eigenvalue weighted by Crippen LogP contribution is 2.30. The van der Waals surface area contributed by atoms with Crippen molar-refractivity contribution in [3.8, 4) is 11.1 Å².